The van der Waals surface area contributed by atoms with Gasteiger partial charge in [-0.05, 0) is 6.07 Å². The molecule has 0 bridgehead atoms. The highest BCUT2D eigenvalue weighted by Crippen LogP contribution is 2.35. The first-order chi connectivity index (χ1) is 6.07. The lowest BCUT2D eigenvalue weighted by Crippen LogP contribution is -2.20. The van der Waals surface area contributed by atoms with Crippen LogP contribution in [0.25, 0.3) is 0 Å². The van der Waals surface area contributed by atoms with E-state index in [0.717, 1.165) is 0 Å². The number of phenols is 1. The topological polar surface area (TPSA) is 72.3 Å². The van der Waals surface area contributed by atoms with E-state index >= 15 is 0 Å². The van der Waals surface area contributed by atoms with Crippen molar-refractivity contribution in [2.45, 2.75) is 6.04 Å². The van der Waals surface area contributed by atoms with E-state index in [1.807, 2.05) is 0 Å². The van der Waals surface area contributed by atoms with Gasteiger partial charge in [-0.15, -0.1) is 0 Å². The molecular formula is C8H10Cl2N2O. The second kappa shape index (κ2) is 4.15. The van der Waals surface area contributed by atoms with Crippen LogP contribution in [0.4, 0.5) is 0 Å². The fourth-order valence-corrected chi connectivity index (χ4v) is 1.31. The zero-order valence-electron chi connectivity index (χ0n) is 6.80. The molecule has 0 amide bonds. The van der Waals surface area contributed by atoms with Crippen molar-refractivity contribution in [1.82, 2.24) is 0 Å². The van der Waals surface area contributed by atoms with Crippen molar-refractivity contribution >= 4 is 23.2 Å². The number of hydrogen-bond donors (Lipinski definition) is 3. The Kier molecular flexibility index (Phi) is 3.39. The molecule has 0 aliphatic carbocycles. The van der Waals surface area contributed by atoms with Gasteiger partial charge in [-0.25, -0.2) is 0 Å². The summed E-state index contributed by atoms with van der Waals surface area (Å²) in [5.74, 6) is -0.0906. The highest BCUT2D eigenvalue weighted by molar-refractivity contribution is 6.43. The largest absolute Gasteiger partial charge is 0.506 e. The molecule has 0 aliphatic rings. The quantitative estimate of drug-likeness (QED) is 0.710. The number of halogens is 2. The molecule has 0 aliphatic heterocycles. The molecule has 0 aromatic heterocycles. The van der Waals surface area contributed by atoms with Crippen LogP contribution in [0.2, 0.25) is 10.0 Å². The van der Waals surface area contributed by atoms with Crippen LogP contribution in [0.1, 0.15) is 11.6 Å². The number of hydrogen-bond acceptors (Lipinski definition) is 3. The van der Waals surface area contributed by atoms with Crippen molar-refractivity contribution in [1.29, 1.82) is 0 Å². The minimum Gasteiger partial charge on any atom is -0.506 e. The number of phenolic OH excluding ortho intramolecular Hbond substituents is 1. The number of aromatic hydroxyl groups is 1. The maximum atomic E-state index is 9.53. The van der Waals surface area contributed by atoms with Gasteiger partial charge in [0.15, 0.2) is 0 Å². The Morgan fingerprint density at radius 3 is 2.54 bits per heavy atom. The summed E-state index contributed by atoms with van der Waals surface area (Å²) in [7, 11) is 0. The maximum absolute atomic E-state index is 9.53. The summed E-state index contributed by atoms with van der Waals surface area (Å²) in [6, 6.07) is 2.77. The minimum atomic E-state index is -0.422. The number of nitrogens with two attached hydrogens (primary N) is 2. The summed E-state index contributed by atoms with van der Waals surface area (Å²) in [6.45, 7) is 0.242. The van der Waals surface area contributed by atoms with Gasteiger partial charge < -0.3 is 16.6 Å². The molecule has 1 atom stereocenters. The van der Waals surface area contributed by atoms with E-state index in [4.69, 9.17) is 34.7 Å². The summed E-state index contributed by atoms with van der Waals surface area (Å²) in [5.41, 5.74) is 11.5. The van der Waals surface area contributed by atoms with E-state index < -0.39 is 6.04 Å². The zero-order valence-corrected chi connectivity index (χ0v) is 8.31. The van der Waals surface area contributed by atoms with Crippen LogP contribution in [-0.2, 0) is 0 Å². The molecule has 0 saturated carbocycles. The van der Waals surface area contributed by atoms with Gasteiger partial charge in [0.1, 0.15) is 10.8 Å². The van der Waals surface area contributed by atoms with E-state index in [-0.39, 0.29) is 17.3 Å². The van der Waals surface area contributed by atoms with Crippen LogP contribution in [-0.4, -0.2) is 11.7 Å². The van der Waals surface area contributed by atoms with E-state index in [1.165, 1.54) is 0 Å². The summed E-state index contributed by atoms with van der Waals surface area (Å²) in [6.07, 6.45) is 0. The van der Waals surface area contributed by atoms with Crippen LogP contribution in [0.15, 0.2) is 12.1 Å². The normalized spacial score (nSPS) is 12.9. The van der Waals surface area contributed by atoms with Gasteiger partial charge >= 0.3 is 0 Å². The summed E-state index contributed by atoms with van der Waals surface area (Å²) < 4.78 is 0. The average molecular weight is 221 g/mol. The maximum Gasteiger partial charge on any atom is 0.140 e. The monoisotopic (exact) mass is 220 g/mol. The van der Waals surface area contributed by atoms with Gasteiger partial charge in [-0.3, -0.25) is 0 Å². The molecule has 3 nitrogen and oxygen atoms in total. The smallest absolute Gasteiger partial charge is 0.140 e. The highest BCUT2D eigenvalue weighted by atomic mass is 35.5. The van der Waals surface area contributed by atoms with E-state index in [2.05, 4.69) is 0 Å². The van der Waals surface area contributed by atoms with Crippen LogP contribution in [0, 0.1) is 0 Å². The SMILES string of the molecule is NC[C@H](N)c1ccc(Cl)c(Cl)c1O. The zero-order chi connectivity index (χ0) is 10.0. The third kappa shape index (κ3) is 2.06. The first kappa shape index (κ1) is 10.6. The van der Waals surface area contributed by atoms with Gasteiger partial charge in [0.05, 0.1) is 5.02 Å². The molecular weight excluding hydrogens is 211 g/mol. The lowest BCUT2D eigenvalue weighted by atomic mass is 10.1. The summed E-state index contributed by atoms with van der Waals surface area (Å²) in [5, 5.41) is 9.94. The molecule has 0 unspecified atom stereocenters. The Hall–Kier alpha value is -0.480. The van der Waals surface area contributed by atoms with Crippen LogP contribution >= 0.6 is 23.2 Å². The van der Waals surface area contributed by atoms with Crippen molar-refractivity contribution in [2.24, 2.45) is 11.5 Å². The van der Waals surface area contributed by atoms with Crippen LogP contribution in [0.5, 0.6) is 5.75 Å². The Bertz CT molecular complexity index is 317. The standard InChI is InChI=1S/C8H10Cl2N2O/c9-5-2-1-4(6(12)3-11)8(13)7(5)10/h1-2,6,13H,3,11-12H2/t6-/m0/s1. The second-order valence-electron chi connectivity index (χ2n) is 2.64. The predicted octanol–water partition coefficient (Wildman–Crippen LogP) is 1.66. The van der Waals surface area contributed by atoms with Gasteiger partial charge in [0.25, 0.3) is 0 Å². The van der Waals surface area contributed by atoms with Crippen molar-refractivity contribution in [3.63, 3.8) is 0 Å². The first-order valence-corrected chi connectivity index (χ1v) is 4.46. The lowest BCUT2D eigenvalue weighted by Gasteiger charge is -2.12. The Morgan fingerprint density at radius 2 is 2.00 bits per heavy atom. The minimum absolute atomic E-state index is 0.0906. The lowest BCUT2D eigenvalue weighted by molar-refractivity contribution is 0.462. The number of benzene rings is 1. The predicted molar refractivity (Wildman–Crippen MR) is 54.1 cm³/mol. The summed E-state index contributed by atoms with van der Waals surface area (Å²) in [4.78, 5) is 0. The van der Waals surface area contributed by atoms with Gasteiger partial charge in [-0.2, -0.15) is 0 Å². The molecule has 13 heavy (non-hydrogen) atoms. The number of rotatable bonds is 2. The first-order valence-electron chi connectivity index (χ1n) is 3.70. The van der Waals surface area contributed by atoms with Gasteiger partial charge in [0.2, 0.25) is 0 Å². The van der Waals surface area contributed by atoms with E-state index in [9.17, 15) is 5.11 Å². The molecule has 72 valence electrons. The highest BCUT2D eigenvalue weighted by Gasteiger charge is 2.13. The molecule has 0 heterocycles. The molecule has 0 radical (unpaired) electrons. The van der Waals surface area contributed by atoms with E-state index in [0.29, 0.717) is 10.6 Å². The third-order valence-electron chi connectivity index (χ3n) is 1.75. The van der Waals surface area contributed by atoms with Gasteiger partial charge in [-0.1, -0.05) is 29.3 Å². The molecule has 5 N–H and O–H groups in total. The van der Waals surface area contributed by atoms with E-state index in [1.54, 1.807) is 12.1 Å². The van der Waals surface area contributed by atoms with Crippen molar-refractivity contribution in [3.8, 4) is 5.75 Å². The Morgan fingerprint density at radius 1 is 1.38 bits per heavy atom. The summed E-state index contributed by atoms with van der Waals surface area (Å²) >= 11 is 11.4. The van der Waals surface area contributed by atoms with Gasteiger partial charge in [0, 0.05) is 18.2 Å². The molecule has 1 rings (SSSR count). The van der Waals surface area contributed by atoms with Crippen molar-refractivity contribution in [2.75, 3.05) is 6.54 Å². The molecule has 1 aromatic carbocycles. The Labute approximate surface area is 86.2 Å². The second-order valence-corrected chi connectivity index (χ2v) is 3.43. The fraction of sp³-hybridized carbons (Fsp3) is 0.250. The Balaban J connectivity index is 3.18. The van der Waals surface area contributed by atoms with Crippen molar-refractivity contribution < 1.29 is 5.11 Å². The molecule has 1 aromatic rings. The molecule has 0 fully saturated rings. The van der Waals surface area contributed by atoms with Crippen LogP contribution in [0.3, 0.4) is 0 Å². The molecule has 0 spiro atoms. The molecule has 0 saturated heterocycles. The third-order valence-corrected chi connectivity index (χ3v) is 2.55. The van der Waals surface area contributed by atoms with Crippen molar-refractivity contribution in [3.05, 3.63) is 27.7 Å². The average Bonchev–Trinajstić information content (AvgIpc) is 2.13. The molecule has 5 heteroatoms. The fourth-order valence-electron chi connectivity index (χ4n) is 0.981. The van der Waals surface area contributed by atoms with Crippen LogP contribution < -0.4 is 11.5 Å².